The Morgan fingerprint density at radius 2 is 1.91 bits per heavy atom. The number of carboxylic acids is 1. The van der Waals surface area contributed by atoms with Crippen LogP contribution in [-0.4, -0.2) is 46.9 Å². The maximum atomic E-state index is 11.9. The summed E-state index contributed by atoms with van der Waals surface area (Å²) in [7, 11) is 0. The van der Waals surface area contributed by atoms with E-state index in [0.717, 1.165) is 51.2 Å². The van der Waals surface area contributed by atoms with Crippen molar-refractivity contribution in [3.05, 3.63) is 82.8 Å². The van der Waals surface area contributed by atoms with Crippen LogP contribution >= 0.6 is 0 Å². The molecule has 0 bridgehead atoms. The van der Waals surface area contributed by atoms with Gasteiger partial charge >= 0.3 is 5.97 Å². The monoisotopic (exact) mass is 585 g/mol. The van der Waals surface area contributed by atoms with Crippen molar-refractivity contribution in [3.8, 4) is 0 Å². The van der Waals surface area contributed by atoms with Gasteiger partial charge in [0.2, 0.25) is 0 Å². The molecule has 5 atom stereocenters. The van der Waals surface area contributed by atoms with Gasteiger partial charge in [-0.3, -0.25) is 0 Å². The zero-order valence-corrected chi connectivity index (χ0v) is 25.0. The molecule has 0 unspecified atom stereocenters. The largest absolute Gasteiger partial charge is 0.478 e. The van der Waals surface area contributed by atoms with E-state index in [0.29, 0.717) is 17.8 Å². The van der Waals surface area contributed by atoms with E-state index >= 15 is 0 Å². The summed E-state index contributed by atoms with van der Waals surface area (Å²) in [6.07, 6.45) is 11.0. The summed E-state index contributed by atoms with van der Waals surface area (Å²) in [5.74, 6) is 0.0964. The van der Waals surface area contributed by atoms with Crippen LogP contribution in [0.4, 0.5) is 5.82 Å². The molecule has 8 N–H and O–H groups in total. The van der Waals surface area contributed by atoms with Gasteiger partial charge in [0.1, 0.15) is 6.29 Å². The second-order valence-electron chi connectivity index (χ2n) is 11.9. The van der Waals surface area contributed by atoms with Crippen molar-refractivity contribution in [1.82, 2.24) is 4.98 Å². The summed E-state index contributed by atoms with van der Waals surface area (Å²) < 4.78 is 0. The molecule has 1 aromatic heterocycles. The van der Waals surface area contributed by atoms with Crippen molar-refractivity contribution in [1.29, 1.82) is 0 Å². The molecule has 0 saturated heterocycles. The number of aromatic amines is 1. The lowest BCUT2D eigenvalue weighted by Gasteiger charge is -2.39. The molecule has 0 saturated carbocycles. The van der Waals surface area contributed by atoms with E-state index in [2.05, 4.69) is 46.4 Å². The summed E-state index contributed by atoms with van der Waals surface area (Å²) in [5.41, 5.74) is 21.0. The van der Waals surface area contributed by atoms with Crippen LogP contribution in [0.5, 0.6) is 0 Å². The van der Waals surface area contributed by atoms with E-state index in [9.17, 15) is 14.7 Å². The molecule has 0 spiro atoms. The number of nitrogens with two attached hydrogens (primary N) is 3. The fourth-order valence-corrected chi connectivity index (χ4v) is 6.36. The van der Waals surface area contributed by atoms with Crippen molar-refractivity contribution in [2.75, 3.05) is 6.54 Å². The SMILES string of the molecule is C[C@H](C=O)CC[C@H](N)CCC[C@H]1c2cc3ccccc3cc2CC[C@@H]1C[C@@H]([N-]c1ccc[nH]1)/C(=C/C(=O)O)CN=C(N)N. The highest BCUT2D eigenvalue weighted by Crippen LogP contribution is 2.45. The number of aromatic nitrogens is 1. The lowest BCUT2D eigenvalue weighted by Crippen LogP contribution is -2.28. The molecule has 0 fully saturated rings. The number of nitrogens with one attached hydrogen (secondary N) is 1. The van der Waals surface area contributed by atoms with Gasteiger partial charge in [0.05, 0.1) is 6.54 Å². The number of nitrogens with zero attached hydrogens (tertiary/aromatic N) is 2. The van der Waals surface area contributed by atoms with Crippen LogP contribution in [0.1, 0.15) is 68.9 Å². The lowest BCUT2D eigenvalue weighted by atomic mass is 9.69. The van der Waals surface area contributed by atoms with Crippen LogP contribution in [0.3, 0.4) is 0 Å². The van der Waals surface area contributed by atoms with E-state index in [-0.39, 0.29) is 36.3 Å². The molecule has 2 aromatic carbocycles. The summed E-state index contributed by atoms with van der Waals surface area (Å²) >= 11 is 0. The zero-order chi connectivity index (χ0) is 30.8. The maximum Gasteiger partial charge on any atom is 0.328 e. The first-order valence-electron chi connectivity index (χ1n) is 15.3. The first kappa shape index (κ1) is 31.8. The first-order valence-corrected chi connectivity index (χ1v) is 15.3. The quantitative estimate of drug-likeness (QED) is 0.0626. The number of aryl methyl sites for hydroxylation is 1. The number of guanidine groups is 1. The minimum atomic E-state index is -1.05. The number of hydrogen-bond donors (Lipinski definition) is 5. The minimum Gasteiger partial charge on any atom is -0.478 e. The fourth-order valence-electron chi connectivity index (χ4n) is 6.36. The topological polar surface area (TPSA) is 175 Å². The van der Waals surface area contributed by atoms with E-state index in [1.165, 1.54) is 28.0 Å². The fraction of sp³-hybridized carbons (Fsp3) is 0.441. The van der Waals surface area contributed by atoms with E-state index in [1.807, 2.05) is 19.1 Å². The van der Waals surface area contributed by atoms with E-state index < -0.39 is 12.0 Å². The van der Waals surface area contributed by atoms with E-state index in [4.69, 9.17) is 22.5 Å². The molecular formula is C34H45N6O3-. The molecule has 0 radical (unpaired) electrons. The van der Waals surface area contributed by atoms with Gasteiger partial charge in [0.25, 0.3) is 0 Å². The predicted molar refractivity (Wildman–Crippen MR) is 173 cm³/mol. The standard InChI is InChI=1S/C34H45N6O3/c1-22(21-41)11-14-28(35)8-4-9-29-26(13-12-25-16-23-6-2-3-7-24(23)17-30(25)29)18-31(40-32-10-5-15-38-32)27(19-33(42)43)20-39-34(36)37/h2-3,5-7,10,15-17,19,21-22,26,28-29,31,38H,4,8-9,11-14,18,20,35H2,1H3,(H,42,43)(H4,36,37,39)/q-1/b27-19+/t22-,26+,28+,29+,31+/m0/s1. The Kier molecular flexibility index (Phi) is 11.4. The van der Waals surface area contributed by atoms with Gasteiger partial charge in [-0.15, -0.1) is 0 Å². The lowest BCUT2D eigenvalue weighted by molar-refractivity contribution is -0.131. The van der Waals surface area contributed by atoms with Crippen molar-refractivity contribution in [2.24, 2.45) is 34.0 Å². The molecule has 1 aliphatic rings. The number of carboxylic acid groups (broad SMARTS) is 1. The third-order valence-corrected chi connectivity index (χ3v) is 8.66. The number of aliphatic imine (C=N–C) groups is 1. The number of carbonyl (C=O) groups is 2. The van der Waals surface area contributed by atoms with Gasteiger partial charge in [-0.25, -0.2) is 9.79 Å². The molecule has 1 aliphatic carbocycles. The Morgan fingerprint density at radius 1 is 1.14 bits per heavy atom. The van der Waals surface area contributed by atoms with Crippen LogP contribution in [0.15, 0.2) is 71.4 Å². The van der Waals surface area contributed by atoms with Crippen LogP contribution in [-0.2, 0) is 16.0 Å². The Hall–Kier alpha value is -4.11. The van der Waals surface area contributed by atoms with Gasteiger partial charge < -0.3 is 37.4 Å². The highest BCUT2D eigenvalue weighted by molar-refractivity contribution is 5.84. The first-order chi connectivity index (χ1) is 20.7. The number of fused-ring (bicyclic) bond motifs is 2. The molecule has 9 heteroatoms. The third-order valence-electron chi connectivity index (χ3n) is 8.66. The van der Waals surface area contributed by atoms with Gasteiger partial charge in [0.15, 0.2) is 5.96 Å². The number of H-pyrrole nitrogens is 1. The Labute approximate surface area is 254 Å². The minimum absolute atomic E-state index is 0.0290. The van der Waals surface area contributed by atoms with Crippen LogP contribution in [0.25, 0.3) is 16.1 Å². The van der Waals surface area contributed by atoms with Crippen molar-refractivity contribution in [3.63, 3.8) is 0 Å². The van der Waals surface area contributed by atoms with Gasteiger partial charge in [-0.05, 0) is 90.3 Å². The van der Waals surface area contributed by atoms with Crippen LogP contribution in [0.2, 0.25) is 0 Å². The highest BCUT2D eigenvalue weighted by atomic mass is 16.4. The molecular weight excluding hydrogens is 540 g/mol. The molecule has 1 heterocycles. The number of carbonyl (C=O) groups excluding carboxylic acids is 1. The smallest absolute Gasteiger partial charge is 0.328 e. The summed E-state index contributed by atoms with van der Waals surface area (Å²) in [4.78, 5) is 30.2. The Balaban J connectivity index is 1.62. The second-order valence-corrected chi connectivity index (χ2v) is 11.9. The van der Waals surface area contributed by atoms with Crippen molar-refractivity contribution < 1.29 is 14.7 Å². The molecule has 43 heavy (non-hydrogen) atoms. The van der Waals surface area contributed by atoms with Crippen LogP contribution < -0.4 is 17.2 Å². The average Bonchev–Trinajstić information content (AvgIpc) is 3.50. The molecule has 9 nitrogen and oxygen atoms in total. The highest BCUT2D eigenvalue weighted by Gasteiger charge is 2.32. The second kappa shape index (κ2) is 15.4. The number of aldehydes is 1. The summed E-state index contributed by atoms with van der Waals surface area (Å²) in [6.45, 7) is 2.00. The predicted octanol–water partition coefficient (Wildman–Crippen LogP) is 5.68. The molecule has 0 amide bonds. The van der Waals surface area contributed by atoms with Crippen molar-refractivity contribution >= 4 is 34.8 Å². The van der Waals surface area contributed by atoms with Crippen molar-refractivity contribution in [2.45, 2.75) is 76.3 Å². The van der Waals surface area contributed by atoms with Crippen LogP contribution in [0, 0.1) is 11.8 Å². The molecule has 3 aromatic rings. The zero-order valence-electron chi connectivity index (χ0n) is 25.0. The summed E-state index contributed by atoms with van der Waals surface area (Å²) in [6, 6.07) is 16.5. The molecule has 4 rings (SSSR count). The summed E-state index contributed by atoms with van der Waals surface area (Å²) in [5, 5.41) is 17.1. The van der Waals surface area contributed by atoms with Gasteiger partial charge in [-0.2, -0.15) is 0 Å². The third kappa shape index (κ3) is 9.19. The number of aliphatic carboxylic acids is 1. The molecule has 230 valence electrons. The van der Waals surface area contributed by atoms with E-state index in [1.54, 1.807) is 6.20 Å². The Bertz CT molecular complexity index is 1410. The van der Waals surface area contributed by atoms with Gasteiger partial charge in [-0.1, -0.05) is 73.9 Å². The number of rotatable bonds is 16. The number of hydrogen-bond acceptors (Lipinski definition) is 4. The normalized spacial score (nSPS) is 18.8. The average molecular weight is 586 g/mol. The number of benzene rings is 2. The Morgan fingerprint density at radius 3 is 2.58 bits per heavy atom. The maximum absolute atomic E-state index is 11.9. The van der Waals surface area contributed by atoms with Gasteiger partial charge in [0, 0.05) is 18.0 Å². The molecule has 0 aliphatic heterocycles.